The van der Waals surface area contributed by atoms with Crippen LogP contribution < -0.4 is 5.32 Å². The number of nitrogens with one attached hydrogen (secondary N) is 1. The molecule has 1 saturated heterocycles. The Bertz CT molecular complexity index is 1360. The number of para-hydroxylation sites is 1. The van der Waals surface area contributed by atoms with Crippen molar-refractivity contribution in [3.8, 4) is 0 Å². The number of amides is 1. The van der Waals surface area contributed by atoms with Crippen molar-refractivity contribution in [1.29, 1.82) is 0 Å². The van der Waals surface area contributed by atoms with Gasteiger partial charge in [0.2, 0.25) is 5.91 Å². The number of esters is 1. The number of hydrogen-bond donors (Lipinski definition) is 3. The van der Waals surface area contributed by atoms with Gasteiger partial charge in [0.15, 0.2) is 0 Å². The molecule has 11 nitrogen and oxygen atoms in total. The van der Waals surface area contributed by atoms with Crippen molar-refractivity contribution in [2.24, 2.45) is 34.5 Å². The van der Waals surface area contributed by atoms with Crippen LogP contribution in [0.4, 0.5) is 5.69 Å². The molecule has 6 aliphatic rings. The van der Waals surface area contributed by atoms with Crippen LogP contribution in [0.3, 0.4) is 0 Å². The van der Waals surface area contributed by atoms with Gasteiger partial charge in [0.1, 0.15) is 11.2 Å². The highest BCUT2D eigenvalue weighted by molar-refractivity contribution is 6.00. The number of ether oxygens (including phenoxy) is 5. The standard InChI is InChI=1S/C34H48N2O9/c1-7-36-16-31(17-45-29(38)19-10-8-9-11-22(19)35-18(2)37)13-12-24(42-4)33-21-14-20-23(41-3)15-32(39,25(21)26(20)43-5)34(40,30(33)36)28(44-6)27(31)33/h8-11,20-21,23-28,30,39-40H,7,12-17H2,1-6H3,(H,35,37)/t20-,21+,23-,24-,25+,26-,27+,28-,30-,31-,32+,33-,34-/m0/s1. The second kappa shape index (κ2) is 10.7. The molecule has 7 rings (SSSR count). The first-order valence-corrected chi connectivity index (χ1v) is 16.4. The molecule has 0 unspecified atom stereocenters. The van der Waals surface area contributed by atoms with Gasteiger partial charge in [-0.15, -0.1) is 0 Å². The first-order valence-electron chi connectivity index (χ1n) is 16.4. The third-order valence-corrected chi connectivity index (χ3v) is 13.3. The summed E-state index contributed by atoms with van der Waals surface area (Å²) in [5.74, 6) is -1.36. The van der Waals surface area contributed by atoms with E-state index in [4.69, 9.17) is 23.7 Å². The van der Waals surface area contributed by atoms with Gasteiger partial charge < -0.3 is 39.2 Å². The molecule has 5 aliphatic carbocycles. The van der Waals surface area contributed by atoms with E-state index in [-0.39, 0.29) is 60.1 Å². The Morgan fingerprint density at radius 1 is 1.07 bits per heavy atom. The summed E-state index contributed by atoms with van der Waals surface area (Å²) in [6, 6.07) is 6.41. The summed E-state index contributed by atoms with van der Waals surface area (Å²) < 4.78 is 31.2. The second-order valence-corrected chi connectivity index (χ2v) is 14.5. The van der Waals surface area contributed by atoms with Crippen LogP contribution in [0.1, 0.15) is 49.9 Å². The van der Waals surface area contributed by atoms with Crippen molar-refractivity contribution >= 4 is 17.6 Å². The molecule has 13 atom stereocenters. The lowest BCUT2D eigenvalue weighted by atomic mass is 9.42. The van der Waals surface area contributed by atoms with Crippen LogP contribution in [0.5, 0.6) is 0 Å². The molecule has 3 N–H and O–H groups in total. The number of benzene rings is 1. The molecule has 1 heterocycles. The minimum atomic E-state index is -1.66. The average molecular weight is 629 g/mol. The number of nitrogens with zero attached hydrogens (tertiary/aromatic N) is 1. The molecule has 1 spiro atoms. The third-order valence-electron chi connectivity index (χ3n) is 13.3. The van der Waals surface area contributed by atoms with Gasteiger partial charge in [-0.2, -0.15) is 0 Å². The SMILES string of the molecule is CCN1C[C@]2(COC(=O)c3ccccc3NC(C)=O)CC[C@H](OC)[C@@]34[C@@H]5C[C@@H]6[C@H](OC)[C@@H]5[C@](O)(C[C@@H]6OC)[C@](O)([C@@H](OC)[C@H]23)[C@@H]14. The molecule has 6 fully saturated rings. The van der Waals surface area contributed by atoms with Gasteiger partial charge in [-0.1, -0.05) is 19.1 Å². The largest absolute Gasteiger partial charge is 0.461 e. The fraction of sp³-hybridized carbons (Fsp3) is 0.765. The summed E-state index contributed by atoms with van der Waals surface area (Å²) in [7, 11) is 6.75. The van der Waals surface area contributed by atoms with E-state index in [1.807, 2.05) is 0 Å². The molecular weight excluding hydrogens is 580 g/mol. The van der Waals surface area contributed by atoms with Gasteiger partial charge in [0, 0.05) is 76.9 Å². The maximum Gasteiger partial charge on any atom is 0.340 e. The van der Waals surface area contributed by atoms with Crippen LogP contribution in [-0.4, -0.2) is 117 Å². The predicted molar refractivity (Wildman–Crippen MR) is 162 cm³/mol. The molecule has 0 aromatic heterocycles. The van der Waals surface area contributed by atoms with E-state index >= 15 is 0 Å². The predicted octanol–water partition coefficient (Wildman–Crippen LogP) is 2.09. The normalized spacial score (nSPS) is 47.4. The van der Waals surface area contributed by atoms with Crippen LogP contribution in [0.2, 0.25) is 0 Å². The lowest BCUT2D eigenvalue weighted by Gasteiger charge is -2.70. The lowest BCUT2D eigenvalue weighted by Crippen LogP contribution is -2.82. The fourth-order valence-corrected chi connectivity index (χ4v) is 12.2. The zero-order valence-corrected chi connectivity index (χ0v) is 27.2. The Balaban J connectivity index is 1.37. The van der Waals surface area contributed by atoms with E-state index in [0.717, 1.165) is 12.8 Å². The number of methoxy groups -OCH3 is 4. The van der Waals surface area contributed by atoms with Crippen LogP contribution in [0.25, 0.3) is 0 Å². The smallest absolute Gasteiger partial charge is 0.340 e. The molecule has 248 valence electrons. The molecule has 1 aromatic rings. The number of aliphatic hydroxyl groups is 2. The van der Waals surface area contributed by atoms with Crippen molar-refractivity contribution in [3.63, 3.8) is 0 Å². The Hall–Kier alpha value is -2.12. The quantitative estimate of drug-likeness (QED) is 0.349. The molecule has 45 heavy (non-hydrogen) atoms. The Morgan fingerprint density at radius 3 is 2.47 bits per heavy atom. The van der Waals surface area contributed by atoms with Crippen LogP contribution in [0.15, 0.2) is 24.3 Å². The fourth-order valence-electron chi connectivity index (χ4n) is 12.2. The van der Waals surface area contributed by atoms with Gasteiger partial charge in [0.05, 0.1) is 48.3 Å². The highest BCUT2D eigenvalue weighted by atomic mass is 16.5. The summed E-state index contributed by atoms with van der Waals surface area (Å²) in [6.07, 6.45) is 0.993. The molecule has 1 aromatic carbocycles. The Morgan fingerprint density at radius 2 is 1.82 bits per heavy atom. The van der Waals surface area contributed by atoms with Gasteiger partial charge in [0.25, 0.3) is 0 Å². The minimum absolute atomic E-state index is 0.0387. The highest BCUT2D eigenvalue weighted by Gasteiger charge is 2.91. The molecule has 0 radical (unpaired) electrons. The van der Waals surface area contributed by atoms with Gasteiger partial charge >= 0.3 is 5.97 Å². The number of carbonyl (C=O) groups is 2. The van der Waals surface area contributed by atoms with E-state index in [1.165, 1.54) is 6.92 Å². The van der Waals surface area contributed by atoms with E-state index in [2.05, 4.69) is 17.1 Å². The van der Waals surface area contributed by atoms with E-state index < -0.39 is 40.1 Å². The number of rotatable bonds is 9. The van der Waals surface area contributed by atoms with Crippen molar-refractivity contribution in [3.05, 3.63) is 29.8 Å². The van der Waals surface area contributed by atoms with Crippen LogP contribution in [-0.2, 0) is 28.5 Å². The summed E-state index contributed by atoms with van der Waals surface area (Å²) in [6.45, 7) is 4.81. The van der Waals surface area contributed by atoms with Crippen LogP contribution >= 0.6 is 0 Å². The summed E-state index contributed by atoms with van der Waals surface area (Å²) >= 11 is 0. The number of likely N-dealkylation sites (tertiary alicyclic amines) is 1. The first kappa shape index (κ1) is 31.5. The van der Waals surface area contributed by atoms with Gasteiger partial charge in [-0.25, -0.2) is 4.79 Å². The van der Waals surface area contributed by atoms with E-state index in [1.54, 1.807) is 52.7 Å². The second-order valence-electron chi connectivity index (χ2n) is 14.5. The minimum Gasteiger partial charge on any atom is -0.461 e. The van der Waals surface area contributed by atoms with Gasteiger partial charge in [-0.3, -0.25) is 9.69 Å². The van der Waals surface area contributed by atoms with Gasteiger partial charge in [-0.05, 0) is 43.9 Å². The maximum absolute atomic E-state index is 13.7. The zero-order valence-electron chi connectivity index (χ0n) is 27.2. The van der Waals surface area contributed by atoms with E-state index in [9.17, 15) is 19.8 Å². The lowest BCUT2D eigenvalue weighted by molar-refractivity contribution is -0.320. The molecular formula is C34H48N2O9. The molecule has 1 amide bonds. The monoisotopic (exact) mass is 628 g/mol. The molecule has 1 aliphatic heterocycles. The summed E-state index contributed by atoms with van der Waals surface area (Å²) in [5.41, 5.74) is -3.68. The number of fused-ring (bicyclic) bond motifs is 2. The number of piperidine rings is 1. The Labute approximate surface area is 264 Å². The third kappa shape index (κ3) is 3.72. The Kier molecular flexibility index (Phi) is 7.48. The number of anilines is 1. The van der Waals surface area contributed by atoms with Crippen LogP contribution in [0, 0.1) is 34.5 Å². The summed E-state index contributed by atoms with van der Waals surface area (Å²) in [4.78, 5) is 27.9. The summed E-state index contributed by atoms with van der Waals surface area (Å²) in [5, 5.41) is 29.2. The molecule has 7 bridgehead atoms. The van der Waals surface area contributed by atoms with Crippen molar-refractivity contribution in [2.75, 3.05) is 53.5 Å². The maximum atomic E-state index is 13.7. The molecule has 11 heteroatoms. The number of likely N-dealkylation sites (N-methyl/N-ethyl adjacent to an activating group) is 1. The molecule has 5 saturated carbocycles. The number of carbonyl (C=O) groups excluding carboxylic acids is 2. The topological polar surface area (TPSA) is 136 Å². The zero-order chi connectivity index (χ0) is 32.1. The van der Waals surface area contributed by atoms with Crippen molar-refractivity contribution in [1.82, 2.24) is 4.90 Å². The highest BCUT2D eigenvalue weighted by Crippen LogP contribution is 2.80. The van der Waals surface area contributed by atoms with Crippen molar-refractivity contribution < 1.29 is 43.5 Å². The van der Waals surface area contributed by atoms with Crippen molar-refractivity contribution in [2.45, 2.75) is 81.2 Å². The first-order chi connectivity index (χ1) is 21.5. The number of hydrogen-bond acceptors (Lipinski definition) is 10. The van der Waals surface area contributed by atoms with E-state index in [0.29, 0.717) is 31.6 Å². The average Bonchev–Trinajstić information content (AvgIpc) is 3.45.